The van der Waals surface area contributed by atoms with Gasteiger partial charge in [-0.15, -0.1) is 0 Å². The van der Waals surface area contributed by atoms with E-state index in [1.54, 1.807) is 12.4 Å². The van der Waals surface area contributed by atoms with E-state index in [9.17, 15) is 4.79 Å². The molecule has 0 spiro atoms. The minimum atomic E-state index is -0.551. The number of anilines is 1. The van der Waals surface area contributed by atoms with Crippen LogP contribution in [-0.4, -0.2) is 40.7 Å². The molecule has 1 aliphatic heterocycles. The van der Waals surface area contributed by atoms with Crippen LogP contribution in [0.4, 0.5) is 5.95 Å². The van der Waals surface area contributed by atoms with Gasteiger partial charge in [-0.2, -0.15) is 0 Å². The topological polar surface area (TPSA) is 99.4 Å². The summed E-state index contributed by atoms with van der Waals surface area (Å²) >= 11 is 0. The standard InChI is InChI=1S/C15H23BN4O3/c1-10(21)18-9-12(6-11-7-19-13(17)20-8-11)16-22-14(2,3)15(4,5)23-16/h6-8H,9H2,1-5H3,(H,18,21)(H2,17,19,20). The van der Waals surface area contributed by atoms with Gasteiger partial charge in [-0.1, -0.05) is 6.08 Å². The number of hydrogen-bond acceptors (Lipinski definition) is 6. The molecule has 0 atom stereocenters. The summed E-state index contributed by atoms with van der Waals surface area (Å²) < 4.78 is 12.1. The van der Waals surface area contributed by atoms with Crippen LogP contribution in [0, 0.1) is 0 Å². The first-order valence-electron chi connectivity index (χ1n) is 7.49. The molecule has 0 bridgehead atoms. The Bertz CT molecular complexity index is 598. The quantitative estimate of drug-likeness (QED) is 0.810. The number of carbonyl (C=O) groups is 1. The van der Waals surface area contributed by atoms with Gasteiger partial charge in [0.05, 0.1) is 11.2 Å². The molecule has 3 N–H and O–H groups in total. The molecule has 1 amide bonds. The molecule has 0 unspecified atom stereocenters. The van der Waals surface area contributed by atoms with Gasteiger partial charge < -0.3 is 20.4 Å². The second-order valence-electron chi connectivity index (χ2n) is 6.59. The van der Waals surface area contributed by atoms with E-state index in [-0.39, 0.29) is 11.9 Å². The molecule has 1 aromatic rings. The largest absolute Gasteiger partial charge is 0.492 e. The van der Waals surface area contributed by atoms with E-state index < -0.39 is 18.3 Å². The predicted octanol–water partition coefficient (Wildman–Crippen LogP) is 1.21. The first-order valence-corrected chi connectivity index (χ1v) is 7.49. The number of amides is 1. The molecular formula is C15H23BN4O3. The fraction of sp³-hybridized carbons (Fsp3) is 0.533. The highest BCUT2D eigenvalue weighted by Crippen LogP contribution is 2.38. The number of aromatic nitrogens is 2. The molecule has 1 saturated heterocycles. The maximum Gasteiger partial charge on any atom is 0.492 e. The third kappa shape index (κ3) is 4.08. The maximum atomic E-state index is 11.3. The fourth-order valence-corrected chi connectivity index (χ4v) is 2.06. The molecule has 2 rings (SSSR count). The van der Waals surface area contributed by atoms with Crippen molar-refractivity contribution in [2.24, 2.45) is 0 Å². The Kier molecular flexibility index (Phi) is 4.77. The average Bonchev–Trinajstić information content (AvgIpc) is 2.65. The molecule has 8 heteroatoms. The number of rotatable bonds is 4. The summed E-state index contributed by atoms with van der Waals surface area (Å²) in [5, 5.41) is 2.78. The molecule has 0 aliphatic carbocycles. The summed E-state index contributed by atoms with van der Waals surface area (Å²) in [6.07, 6.45) is 5.07. The van der Waals surface area contributed by atoms with Crippen LogP contribution in [0.2, 0.25) is 0 Å². The van der Waals surface area contributed by atoms with Crippen molar-refractivity contribution in [3.05, 3.63) is 23.4 Å². The van der Waals surface area contributed by atoms with Gasteiger partial charge in [0.25, 0.3) is 0 Å². The molecule has 0 aromatic carbocycles. The molecule has 0 saturated carbocycles. The SMILES string of the molecule is CC(=O)NCC(=Cc1cnc(N)nc1)B1OC(C)(C)C(C)(C)O1. The highest BCUT2D eigenvalue weighted by Gasteiger charge is 2.52. The summed E-state index contributed by atoms with van der Waals surface area (Å²) in [6.45, 7) is 9.71. The number of carbonyl (C=O) groups excluding carboxylic acids is 1. The molecule has 7 nitrogen and oxygen atoms in total. The molecule has 0 radical (unpaired) electrons. The Morgan fingerprint density at radius 2 is 1.78 bits per heavy atom. The summed E-state index contributed by atoms with van der Waals surface area (Å²) in [7, 11) is -0.551. The van der Waals surface area contributed by atoms with E-state index in [1.165, 1.54) is 6.92 Å². The zero-order valence-corrected chi connectivity index (χ0v) is 14.2. The van der Waals surface area contributed by atoms with Crippen LogP contribution in [0.5, 0.6) is 0 Å². The number of nitrogen functional groups attached to an aromatic ring is 1. The summed E-state index contributed by atoms with van der Waals surface area (Å²) in [5.41, 5.74) is 6.14. The average molecular weight is 318 g/mol. The van der Waals surface area contributed by atoms with Crippen LogP contribution in [0.1, 0.15) is 40.2 Å². The van der Waals surface area contributed by atoms with Gasteiger partial charge in [0.1, 0.15) is 0 Å². The third-order valence-corrected chi connectivity index (χ3v) is 4.14. The van der Waals surface area contributed by atoms with Crippen molar-refractivity contribution in [3.8, 4) is 0 Å². The second-order valence-corrected chi connectivity index (χ2v) is 6.59. The molecule has 124 valence electrons. The van der Waals surface area contributed by atoms with E-state index >= 15 is 0 Å². The molecule has 1 aromatic heterocycles. The van der Waals surface area contributed by atoms with E-state index in [4.69, 9.17) is 15.0 Å². The third-order valence-electron chi connectivity index (χ3n) is 4.14. The second kappa shape index (κ2) is 6.29. The molecule has 23 heavy (non-hydrogen) atoms. The maximum absolute atomic E-state index is 11.3. The highest BCUT2D eigenvalue weighted by molar-refractivity contribution is 6.56. The van der Waals surface area contributed by atoms with Crippen LogP contribution in [0.25, 0.3) is 6.08 Å². The van der Waals surface area contributed by atoms with Crippen LogP contribution >= 0.6 is 0 Å². The monoisotopic (exact) mass is 318 g/mol. The lowest BCUT2D eigenvalue weighted by atomic mass is 9.77. The minimum Gasteiger partial charge on any atom is -0.400 e. The lowest BCUT2D eigenvalue weighted by Crippen LogP contribution is -2.41. The van der Waals surface area contributed by atoms with E-state index in [1.807, 2.05) is 33.8 Å². The van der Waals surface area contributed by atoms with Crippen molar-refractivity contribution >= 4 is 25.0 Å². The van der Waals surface area contributed by atoms with Gasteiger partial charge in [-0.3, -0.25) is 4.79 Å². The van der Waals surface area contributed by atoms with Crippen LogP contribution < -0.4 is 11.1 Å². The summed E-state index contributed by atoms with van der Waals surface area (Å²) in [4.78, 5) is 19.2. The van der Waals surface area contributed by atoms with Gasteiger partial charge >= 0.3 is 7.12 Å². The Balaban J connectivity index is 2.28. The highest BCUT2D eigenvalue weighted by atomic mass is 16.7. The van der Waals surface area contributed by atoms with Gasteiger partial charge in [-0.25, -0.2) is 9.97 Å². The fourth-order valence-electron chi connectivity index (χ4n) is 2.06. The summed E-state index contributed by atoms with van der Waals surface area (Å²) in [6, 6.07) is 0. The van der Waals surface area contributed by atoms with Crippen LogP contribution in [0.3, 0.4) is 0 Å². The van der Waals surface area contributed by atoms with Crippen molar-refractivity contribution < 1.29 is 14.1 Å². The van der Waals surface area contributed by atoms with Crippen molar-refractivity contribution in [3.63, 3.8) is 0 Å². The predicted molar refractivity (Wildman–Crippen MR) is 89.2 cm³/mol. The zero-order valence-electron chi connectivity index (χ0n) is 14.2. The van der Waals surface area contributed by atoms with Gasteiger partial charge in [0.2, 0.25) is 11.9 Å². The zero-order chi connectivity index (χ0) is 17.3. The Morgan fingerprint density at radius 1 is 1.26 bits per heavy atom. The Labute approximate surface area is 136 Å². The first-order chi connectivity index (χ1) is 10.6. The van der Waals surface area contributed by atoms with E-state index in [0.717, 1.165) is 11.0 Å². The Morgan fingerprint density at radius 3 is 2.26 bits per heavy atom. The Hall–Kier alpha value is -1.93. The van der Waals surface area contributed by atoms with Crippen LogP contribution in [-0.2, 0) is 14.1 Å². The van der Waals surface area contributed by atoms with Crippen molar-refractivity contribution in [1.29, 1.82) is 0 Å². The van der Waals surface area contributed by atoms with Gasteiger partial charge in [-0.05, 0) is 33.2 Å². The molecular weight excluding hydrogens is 295 g/mol. The normalized spacial score (nSPS) is 19.7. The summed E-state index contributed by atoms with van der Waals surface area (Å²) in [5.74, 6) is 0.0853. The lowest BCUT2D eigenvalue weighted by molar-refractivity contribution is -0.118. The van der Waals surface area contributed by atoms with Crippen molar-refractivity contribution in [2.75, 3.05) is 12.3 Å². The van der Waals surface area contributed by atoms with Crippen LogP contribution in [0.15, 0.2) is 17.9 Å². The smallest absolute Gasteiger partial charge is 0.400 e. The molecule has 1 aliphatic rings. The van der Waals surface area contributed by atoms with E-state index in [0.29, 0.717) is 6.54 Å². The lowest BCUT2D eigenvalue weighted by Gasteiger charge is -2.32. The number of nitrogens with one attached hydrogen (secondary N) is 1. The molecule has 2 heterocycles. The number of nitrogens with two attached hydrogens (primary N) is 1. The van der Waals surface area contributed by atoms with E-state index in [2.05, 4.69) is 15.3 Å². The first kappa shape index (κ1) is 17.4. The minimum absolute atomic E-state index is 0.124. The number of hydrogen-bond donors (Lipinski definition) is 2. The van der Waals surface area contributed by atoms with Crippen molar-refractivity contribution in [1.82, 2.24) is 15.3 Å². The van der Waals surface area contributed by atoms with Gasteiger partial charge in [0, 0.05) is 31.4 Å². The molecule has 1 fully saturated rings. The number of nitrogens with zero attached hydrogens (tertiary/aromatic N) is 2. The van der Waals surface area contributed by atoms with Gasteiger partial charge in [0.15, 0.2) is 0 Å². The van der Waals surface area contributed by atoms with Crippen molar-refractivity contribution in [2.45, 2.75) is 45.8 Å².